The highest BCUT2D eigenvalue weighted by molar-refractivity contribution is 9.10. The van der Waals surface area contributed by atoms with Crippen molar-refractivity contribution in [1.29, 1.82) is 0 Å². The van der Waals surface area contributed by atoms with Gasteiger partial charge in [0.2, 0.25) is 5.91 Å². The Bertz CT molecular complexity index is 399. The maximum absolute atomic E-state index is 13.0. The molecule has 0 aliphatic carbocycles. The summed E-state index contributed by atoms with van der Waals surface area (Å²) in [6.45, 7) is 3.85. The van der Waals surface area contributed by atoms with Crippen molar-refractivity contribution in [3.63, 3.8) is 0 Å². The van der Waals surface area contributed by atoms with Crippen LogP contribution < -0.4 is 10.6 Å². The second-order valence-electron chi connectivity index (χ2n) is 4.01. The number of amides is 1. The van der Waals surface area contributed by atoms with Crippen LogP contribution in [0.15, 0.2) is 22.7 Å². The van der Waals surface area contributed by atoms with Gasteiger partial charge in [-0.25, -0.2) is 4.39 Å². The van der Waals surface area contributed by atoms with Crippen molar-refractivity contribution < 1.29 is 9.18 Å². The van der Waals surface area contributed by atoms with Crippen LogP contribution in [0.4, 0.5) is 4.39 Å². The summed E-state index contributed by atoms with van der Waals surface area (Å²) in [5.74, 6) is -0.210. The summed E-state index contributed by atoms with van der Waals surface area (Å²) < 4.78 is 13.9. The third kappa shape index (κ3) is 5.60. The molecular weight excluding hydrogens is 299 g/mol. The van der Waals surface area contributed by atoms with Crippen LogP contribution in [0.2, 0.25) is 0 Å². The van der Waals surface area contributed by atoms with Gasteiger partial charge in [-0.15, -0.1) is 0 Å². The first-order valence-corrected chi connectivity index (χ1v) is 6.84. The Morgan fingerprint density at radius 1 is 1.39 bits per heavy atom. The van der Waals surface area contributed by atoms with Gasteiger partial charge in [0.25, 0.3) is 0 Å². The van der Waals surface area contributed by atoms with Crippen LogP contribution in [0.3, 0.4) is 0 Å². The van der Waals surface area contributed by atoms with E-state index in [1.165, 1.54) is 12.1 Å². The van der Waals surface area contributed by atoms with Gasteiger partial charge in [-0.2, -0.15) is 0 Å². The first-order chi connectivity index (χ1) is 8.63. The molecule has 1 aromatic carbocycles. The molecule has 3 nitrogen and oxygen atoms in total. The summed E-state index contributed by atoms with van der Waals surface area (Å²) in [6.07, 6.45) is 1.38. The van der Waals surface area contributed by atoms with E-state index in [0.29, 0.717) is 26.1 Å². The molecule has 18 heavy (non-hydrogen) atoms. The van der Waals surface area contributed by atoms with Gasteiger partial charge in [-0.3, -0.25) is 4.79 Å². The van der Waals surface area contributed by atoms with Crippen LogP contribution in [0.5, 0.6) is 0 Å². The Balaban J connectivity index is 2.25. The number of rotatable bonds is 7. The predicted molar refractivity (Wildman–Crippen MR) is 73.7 cm³/mol. The molecule has 0 aliphatic heterocycles. The second-order valence-corrected chi connectivity index (χ2v) is 4.87. The molecule has 0 fully saturated rings. The van der Waals surface area contributed by atoms with E-state index in [2.05, 4.69) is 26.6 Å². The highest BCUT2D eigenvalue weighted by atomic mass is 79.9. The van der Waals surface area contributed by atoms with Crippen molar-refractivity contribution in [2.45, 2.75) is 26.3 Å². The van der Waals surface area contributed by atoms with Crippen molar-refractivity contribution in [3.05, 3.63) is 34.1 Å². The van der Waals surface area contributed by atoms with E-state index in [1.54, 1.807) is 6.07 Å². The third-order valence-electron chi connectivity index (χ3n) is 2.42. The zero-order valence-electron chi connectivity index (χ0n) is 10.4. The molecule has 0 radical (unpaired) electrons. The Hall–Kier alpha value is -0.940. The van der Waals surface area contributed by atoms with E-state index < -0.39 is 0 Å². The van der Waals surface area contributed by atoms with Gasteiger partial charge in [-0.1, -0.05) is 22.9 Å². The average Bonchev–Trinajstić information content (AvgIpc) is 2.36. The topological polar surface area (TPSA) is 41.1 Å². The lowest BCUT2D eigenvalue weighted by Gasteiger charge is -2.07. The number of nitrogens with one attached hydrogen (secondary N) is 2. The summed E-state index contributed by atoms with van der Waals surface area (Å²) in [4.78, 5) is 11.3. The van der Waals surface area contributed by atoms with E-state index in [9.17, 15) is 9.18 Å². The highest BCUT2D eigenvalue weighted by Crippen LogP contribution is 2.17. The molecule has 1 amide bonds. The Morgan fingerprint density at radius 3 is 2.89 bits per heavy atom. The number of hydrogen-bond donors (Lipinski definition) is 2. The lowest BCUT2D eigenvalue weighted by molar-refractivity contribution is -0.120. The minimum atomic E-state index is -0.254. The highest BCUT2D eigenvalue weighted by Gasteiger charge is 2.03. The van der Waals surface area contributed by atoms with Gasteiger partial charge in [0.15, 0.2) is 0 Å². The minimum absolute atomic E-state index is 0.0441. The zero-order valence-corrected chi connectivity index (χ0v) is 12.0. The van der Waals surface area contributed by atoms with E-state index in [-0.39, 0.29) is 11.7 Å². The van der Waals surface area contributed by atoms with Crippen molar-refractivity contribution >= 4 is 21.8 Å². The van der Waals surface area contributed by atoms with E-state index >= 15 is 0 Å². The molecule has 0 aliphatic rings. The maximum atomic E-state index is 13.0. The normalized spacial score (nSPS) is 10.4. The molecule has 100 valence electrons. The fraction of sp³-hybridized carbons (Fsp3) is 0.462. The molecule has 1 aromatic rings. The molecule has 0 spiro atoms. The Morgan fingerprint density at radius 2 is 2.17 bits per heavy atom. The smallest absolute Gasteiger partial charge is 0.221 e. The van der Waals surface area contributed by atoms with Gasteiger partial charge in [-0.05, 0) is 30.2 Å². The molecule has 0 saturated carbocycles. The number of halogens is 2. The first-order valence-electron chi connectivity index (χ1n) is 6.04. The largest absolute Gasteiger partial charge is 0.356 e. The van der Waals surface area contributed by atoms with Crippen LogP contribution in [0.1, 0.15) is 25.3 Å². The molecule has 0 saturated heterocycles. The summed E-state index contributed by atoms with van der Waals surface area (Å²) in [5, 5.41) is 5.92. The number of benzene rings is 1. The van der Waals surface area contributed by atoms with E-state index in [1.807, 2.05) is 6.92 Å². The molecule has 0 bridgehead atoms. The lowest BCUT2D eigenvalue weighted by Crippen LogP contribution is -2.28. The standard InChI is InChI=1S/C13H18BrFN2O/c1-2-6-17-13(18)5-7-16-9-10-8-11(15)3-4-12(10)14/h3-4,8,16H,2,5-7,9H2,1H3,(H,17,18). The molecule has 2 N–H and O–H groups in total. The van der Waals surface area contributed by atoms with Crippen LogP contribution in [0, 0.1) is 5.82 Å². The SMILES string of the molecule is CCCNC(=O)CCNCc1cc(F)ccc1Br. The van der Waals surface area contributed by atoms with Gasteiger partial charge >= 0.3 is 0 Å². The molecule has 0 heterocycles. The quantitative estimate of drug-likeness (QED) is 0.759. The van der Waals surface area contributed by atoms with Crippen LogP contribution in [-0.2, 0) is 11.3 Å². The van der Waals surface area contributed by atoms with Crippen molar-refractivity contribution in [2.24, 2.45) is 0 Å². The predicted octanol–water partition coefficient (Wildman–Crippen LogP) is 2.59. The lowest BCUT2D eigenvalue weighted by atomic mass is 10.2. The second kappa shape index (κ2) is 8.21. The summed E-state index contributed by atoms with van der Waals surface area (Å²) in [6, 6.07) is 4.57. The number of carbonyl (C=O) groups excluding carboxylic acids is 1. The fourth-order valence-electron chi connectivity index (χ4n) is 1.46. The Labute approximate surface area is 115 Å². The van der Waals surface area contributed by atoms with E-state index in [0.717, 1.165) is 16.5 Å². The molecule has 5 heteroatoms. The monoisotopic (exact) mass is 316 g/mol. The first kappa shape index (κ1) is 15.1. The Kier molecular flexibility index (Phi) is 6.90. The maximum Gasteiger partial charge on any atom is 0.221 e. The van der Waals surface area contributed by atoms with Crippen molar-refractivity contribution in [3.8, 4) is 0 Å². The van der Waals surface area contributed by atoms with Crippen LogP contribution >= 0.6 is 15.9 Å². The molecule has 0 unspecified atom stereocenters. The summed E-state index contributed by atoms with van der Waals surface area (Å²) >= 11 is 3.36. The third-order valence-corrected chi connectivity index (χ3v) is 3.20. The molecule has 0 atom stereocenters. The van der Waals surface area contributed by atoms with Crippen LogP contribution in [0.25, 0.3) is 0 Å². The number of carbonyl (C=O) groups is 1. The summed E-state index contributed by atoms with van der Waals surface area (Å²) in [5.41, 5.74) is 0.851. The molecular formula is C13H18BrFN2O. The summed E-state index contributed by atoms with van der Waals surface area (Å²) in [7, 11) is 0. The van der Waals surface area contributed by atoms with E-state index in [4.69, 9.17) is 0 Å². The zero-order chi connectivity index (χ0) is 13.4. The fourth-order valence-corrected chi connectivity index (χ4v) is 1.84. The van der Waals surface area contributed by atoms with Crippen LogP contribution in [-0.4, -0.2) is 19.0 Å². The molecule has 0 aromatic heterocycles. The minimum Gasteiger partial charge on any atom is -0.356 e. The van der Waals surface area contributed by atoms with Gasteiger partial charge in [0.05, 0.1) is 0 Å². The molecule has 1 rings (SSSR count). The average molecular weight is 317 g/mol. The van der Waals surface area contributed by atoms with Crippen molar-refractivity contribution in [2.75, 3.05) is 13.1 Å². The van der Waals surface area contributed by atoms with Gasteiger partial charge in [0.1, 0.15) is 5.82 Å². The van der Waals surface area contributed by atoms with Crippen molar-refractivity contribution in [1.82, 2.24) is 10.6 Å². The number of hydrogen-bond acceptors (Lipinski definition) is 2. The van der Waals surface area contributed by atoms with Gasteiger partial charge < -0.3 is 10.6 Å². The van der Waals surface area contributed by atoms with Gasteiger partial charge in [0, 0.05) is 30.5 Å².